The minimum Gasteiger partial charge on any atom is -0.165 e. The van der Waals surface area contributed by atoms with Crippen molar-refractivity contribution in [2.75, 3.05) is 0 Å². The Bertz CT molecular complexity index is 235. The Kier molecular flexibility index (Phi) is 5.21. The molecule has 1 aromatic carbocycles. The Morgan fingerprint density at radius 2 is 1.82 bits per heavy atom. The minimum absolute atomic E-state index is 0. The molecule has 0 saturated heterocycles. The van der Waals surface area contributed by atoms with Crippen LogP contribution in [0.5, 0.6) is 0 Å². The molecular formula is C8H7Cl2Y+2. The normalized spacial score (nSPS) is 9.09. The molecule has 0 N–H and O–H groups in total. The van der Waals surface area contributed by atoms with Crippen molar-refractivity contribution >= 4 is 23.2 Å². The van der Waals surface area contributed by atoms with Crippen LogP contribution in [0.2, 0.25) is 10.0 Å². The van der Waals surface area contributed by atoms with E-state index in [-0.39, 0.29) is 32.7 Å². The molecule has 0 heterocycles. The fraction of sp³-hybridized carbons (Fsp3) is 0.250. The fourth-order valence-electron chi connectivity index (χ4n) is 0.825. The molecular weight excluding hydrogens is 256 g/mol. The van der Waals surface area contributed by atoms with Gasteiger partial charge in [0.25, 0.3) is 0 Å². The van der Waals surface area contributed by atoms with E-state index in [4.69, 9.17) is 23.2 Å². The third kappa shape index (κ3) is 3.03. The number of hydrogen-bond donors (Lipinski definition) is 0. The summed E-state index contributed by atoms with van der Waals surface area (Å²) in [6, 6.07) is 4.87. The van der Waals surface area contributed by atoms with Gasteiger partial charge in [-0.25, -0.2) is 0 Å². The first kappa shape index (κ1) is 11.9. The summed E-state index contributed by atoms with van der Waals surface area (Å²) in [5.41, 5.74) is 2.02. The molecule has 0 nitrogen and oxygen atoms in total. The van der Waals surface area contributed by atoms with Gasteiger partial charge in [0.05, 0.1) is 0 Å². The van der Waals surface area contributed by atoms with E-state index in [0.29, 0.717) is 10.0 Å². The SMILES string of the molecule is Cc1[c-]c(Cl)c(Cl)c(C)c1.[Y+3]. The zero-order valence-electron chi connectivity index (χ0n) is 6.41. The number of aryl methyl sites for hydroxylation is 2. The molecule has 1 rings (SSSR count). The molecule has 0 aliphatic rings. The maximum absolute atomic E-state index is 5.79. The quantitative estimate of drug-likeness (QED) is 0.629. The van der Waals surface area contributed by atoms with Crippen molar-refractivity contribution in [3.8, 4) is 0 Å². The fourth-order valence-corrected chi connectivity index (χ4v) is 1.23. The maximum atomic E-state index is 5.79. The van der Waals surface area contributed by atoms with E-state index < -0.39 is 0 Å². The molecule has 3 heteroatoms. The van der Waals surface area contributed by atoms with E-state index in [1.165, 1.54) is 0 Å². The number of rotatable bonds is 0. The molecule has 0 amide bonds. The van der Waals surface area contributed by atoms with Crippen LogP contribution in [0, 0.1) is 19.9 Å². The summed E-state index contributed by atoms with van der Waals surface area (Å²) >= 11 is 11.5. The first-order valence-corrected chi connectivity index (χ1v) is 3.71. The molecule has 0 fully saturated rings. The van der Waals surface area contributed by atoms with E-state index in [0.717, 1.165) is 11.1 Å². The largest absolute Gasteiger partial charge is 3.00 e. The van der Waals surface area contributed by atoms with Crippen LogP contribution in [0.15, 0.2) is 6.07 Å². The Balaban J connectivity index is 0.000001000. The Morgan fingerprint density at radius 3 is 2.27 bits per heavy atom. The van der Waals surface area contributed by atoms with Gasteiger partial charge in [-0.1, -0.05) is 18.9 Å². The number of halogens is 2. The van der Waals surface area contributed by atoms with Gasteiger partial charge >= 0.3 is 32.7 Å². The summed E-state index contributed by atoms with van der Waals surface area (Å²) in [7, 11) is 0. The van der Waals surface area contributed by atoms with Crippen molar-refractivity contribution in [1.29, 1.82) is 0 Å². The molecule has 0 unspecified atom stereocenters. The third-order valence-electron chi connectivity index (χ3n) is 1.28. The van der Waals surface area contributed by atoms with Crippen LogP contribution in [0.25, 0.3) is 0 Å². The number of benzene rings is 1. The zero-order valence-corrected chi connectivity index (χ0v) is 10.8. The van der Waals surface area contributed by atoms with Crippen LogP contribution in [0.4, 0.5) is 0 Å². The molecule has 11 heavy (non-hydrogen) atoms. The molecule has 0 atom stereocenters. The molecule has 0 aromatic heterocycles. The smallest absolute Gasteiger partial charge is 0.165 e. The van der Waals surface area contributed by atoms with Gasteiger partial charge in [0.1, 0.15) is 0 Å². The van der Waals surface area contributed by atoms with Crippen LogP contribution in [0.1, 0.15) is 11.1 Å². The summed E-state index contributed by atoms with van der Waals surface area (Å²) < 4.78 is 0. The summed E-state index contributed by atoms with van der Waals surface area (Å²) in [5.74, 6) is 0. The van der Waals surface area contributed by atoms with Crippen LogP contribution in [-0.2, 0) is 32.7 Å². The molecule has 1 aromatic rings. The second kappa shape index (κ2) is 4.81. The summed E-state index contributed by atoms with van der Waals surface area (Å²) in [5, 5.41) is 1.12. The van der Waals surface area contributed by atoms with Crippen LogP contribution < -0.4 is 0 Å². The summed E-state index contributed by atoms with van der Waals surface area (Å²) in [6.07, 6.45) is 0. The predicted octanol–water partition coefficient (Wildman–Crippen LogP) is 3.41. The van der Waals surface area contributed by atoms with Crippen molar-refractivity contribution in [1.82, 2.24) is 0 Å². The molecule has 0 bridgehead atoms. The van der Waals surface area contributed by atoms with Crippen molar-refractivity contribution in [2.24, 2.45) is 0 Å². The second-order valence-corrected chi connectivity index (χ2v) is 3.02. The standard InChI is InChI=1S/C8H7Cl2.Y/c1-5-3-6(2)8(10)7(9)4-5;/h3H,1-2H3;/q-1;+3. The van der Waals surface area contributed by atoms with Gasteiger partial charge in [0.2, 0.25) is 0 Å². The van der Waals surface area contributed by atoms with Gasteiger partial charge in [-0.15, -0.1) is 17.2 Å². The Morgan fingerprint density at radius 1 is 1.27 bits per heavy atom. The van der Waals surface area contributed by atoms with E-state index in [2.05, 4.69) is 6.07 Å². The molecule has 0 aliphatic heterocycles. The van der Waals surface area contributed by atoms with E-state index in [1.54, 1.807) is 0 Å². The average molecular weight is 263 g/mol. The predicted molar refractivity (Wildman–Crippen MR) is 44.8 cm³/mol. The van der Waals surface area contributed by atoms with Gasteiger partial charge < -0.3 is 0 Å². The Labute approximate surface area is 102 Å². The minimum atomic E-state index is 0. The zero-order chi connectivity index (χ0) is 7.72. The molecule has 54 valence electrons. The number of hydrogen-bond acceptors (Lipinski definition) is 0. The van der Waals surface area contributed by atoms with E-state index in [9.17, 15) is 0 Å². The van der Waals surface area contributed by atoms with Gasteiger partial charge in [-0.05, 0) is 5.02 Å². The van der Waals surface area contributed by atoms with Gasteiger partial charge in [-0.3, -0.25) is 0 Å². The second-order valence-electron chi connectivity index (χ2n) is 2.26. The first-order chi connectivity index (χ1) is 4.61. The van der Waals surface area contributed by atoms with Crippen molar-refractivity contribution in [2.45, 2.75) is 13.8 Å². The topological polar surface area (TPSA) is 0 Å². The first-order valence-electron chi connectivity index (χ1n) is 2.96. The van der Waals surface area contributed by atoms with Crippen molar-refractivity contribution < 1.29 is 32.7 Å². The molecule has 0 radical (unpaired) electrons. The average Bonchev–Trinajstić information content (AvgIpc) is 1.82. The van der Waals surface area contributed by atoms with Crippen LogP contribution >= 0.6 is 23.2 Å². The summed E-state index contributed by atoms with van der Waals surface area (Å²) in [4.78, 5) is 0. The Hall–Kier alpha value is 0.904. The maximum Gasteiger partial charge on any atom is 3.00 e. The third-order valence-corrected chi connectivity index (χ3v) is 2.15. The van der Waals surface area contributed by atoms with Crippen LogP contribution in [0.3, 0.4) is 0 Å². The van der Waals surface area contributed by atoms with E-state index in [1.807, 2.05) is 19.9 Å². The van der Waals surface area contributed by atoms with E-state index >= 15 is 0 Å². The van der Waals surface area contributed by atoms with Gasteiger partial charge in [-0.2, -0.15) is 29.3 Å². The monoisotopic (exact) mass is 262 g/mol. The van der Waals surface area contributed by atoms with Crippen molar-refractivity contribution in [3.05, 3.63) is 33.3 Å². The van der Waals surface area contributed by atoms with Crippen molar-refractivity contribution in [3.63, 3.8) is 0 Å². The molecule has 0 spiro atoms. The molecule has 0 saturated carbocycles. The van der Waals surface area contributed by atoms with Crippen LogP contribution in [-0.4, -0.2) is 0 Å². The van der Waals surface area contributed by atoms with Gasteiger partial charge in [0.15, 0.2) is 0 Å². The van der Waals surface area contributed by atoms with Gasteiger partial charge in [0, 0.05) is 0 Å². The molecule has 0 aliphatic carbocycles. The summed E-state index contributed by atoms with van der Waals surface area (Å²) in [6.45, 7) is 3.87.